The van der Waals surface area contributed by atoms with Gasteiger partial charge in [-0.1, -0.05) is 204 Å². The number of nitrogens with zero attached hydrogens (tertiary/aromatic N) is 14. The maximum Gasteiger partial charge on any atom is 0.474 e. The van der Waals surface area contributed by atoms with E-state index in [-0.39, 0.29) is 63.5 Å². The lowest BCUT2D eigenvalue weighted by molar-refractivity contribution is -0.578. The molecule has 0 aliphatic heterocycles. The van der Waals surface area contributed by atoms with E-state index in [1.807, 2.05) is 0 Å². The second kappa shape index (κ2) is 51.5. The smallest absolute Gasteiger partial charge is 0.388 e. The standard InChI is InChI=1S/C50H105N19O12P2/c1-10-19-28-48(29-20-11-2,30-21-12-3)42-75-37-45(70)38-78-82(71,72)80-46(39-76-43-49(31-22-13-4,32-23-14-5)33-24-15-6)40-79-83(73,74)81-47(41-77-44-50(34-25-16-7,35-26-17-8)36-27-18-9)52-54-56-58-60-62-64-66-68-69-67-65-63-61-59-57-55-53-51/h45-47,70H,10-44H2,1-9H3,(H,71,72)(H,73,74)(H2,51,52,55,56,59,60,63,64,67,68)/p+4/i/hD4. The molecule has 9 N–H and O–H groups in total. The Balaban J connectivity index is 6.95. The number of aliphatic hydroxyl groups is 1. The van der Waals surface area contributed by atoms with Gasteiger partial charge in [0, 0.05) is 0 Å². The predicted octanol–water partition coefficient (Wildman–Crippen LogP) is 9.62. The average molecular weight is 1230 g/mol. The van der Waals surface area contributed by atoms with Crippen molar-refractivity contribution in [3.05, 3.63) is 0 Å². The minimum absolute atomic E-state index is 0.000876. The fourth-order valence-corrected chi connectivity index (χ4v) is 11.0. The van der Waals surface area contributed by atoms with Crippen LogP contribution in [-0.4, -0.2) is 86.2 Å². The number of ether oxygens (including phenoxy) is 3. The zero-order valence-corrected chi connectivity index (χ0v) is 53.3. The second-order valence-corrected chi connectivity index (χ2v) is 23.9. The Hall–Kier alpha value is -3.74. The lowest BCUT2D eigenvalue weighted by Gasteiger charge is -2.35. The van der Waals surface area contributed by atoms with Crippen LogP contribution in [0.15, 0.2) is 73.0 Å². The van der Waals surface area contributed by atoms with Crippen LogP contribution in [0.2, 0.25) is 5.65 Å². The minimum atomic E-state index is -5.21. The van der Waals surface area contributed by atoms with Gasteiger partial charge in [0.05, 0.1) is 58.1 Å². The molecule has 0 bridgehead atoms. The first-order valence-electron chi connectivity index (χ1n) is 31.9. The molecule has 0 heterocycles. The Morgan fingerprint density at radius 3 is 1.12 bits per heavy atom. The third kappa shape index (κ3) is 42.7. The zero-order valence-electron chi connectivity index (χ0n) is 55.5. The van der Waals surface area contributed by atoms with Gasteiger partial charge in [-0.15, -0.1) is 0 Å². The molecule has 0 aromatic carbocycles. The van der Waals surface area contributed by atoms with E-state index >= 15 is 0 Å². The summed E-state index contributed by atoms with van der Waals surface area (Å²) in [5, 5.41) is 55.7. The molecule has 83 heavy (non-hydrogen) atoms. The van der Waals surface area contributed by atoms with Crippen LogP contribution < -0.4 is 26.7 Å². The molecule has 0 aliphatic carbocycles. The maximum atomic E-state index is 14.0. The van der Waals surface area contributed by atoms with E-state index < -0.39 is 53.9 Å². The van der Waals surface area contributed by atoms with Gasteiger partial charge in [0.25, 0.3) is 0 Å². The SMILES string of the molecule is [2H][N+](/N=N\N)=N/N=N\[N+]([2H])=N/N=N/[N+]([2H])=N/N=N/[N+]([2H])=N/N=N\C(COCC(CCCC)(CCCC)CCCC)OP(=O)(O)OCC(COCC(CCCC)(CCCC)CCCC)OP(=O)(O)OCC(O)COCC(CCCC)(CCCC)CCCC. The van der Waals surface area contributed by atoms with Gasteiger partial charge in [0.15, 0.2) is 15.7 Å². The second-order valence-electron chi connectivity index (χ2n) is 21.1. The van der Waals surface area contributed by atoms with Gasteiger partial charge in [-0.05, 0) is 74.0 Å². The van der Waals surface area contributed by atoms with Crippen molar-refractivity contribution in [1.29, 1.82) is 0 Å². The molecule has 0 fully saturated rings. The summed E-state index contributed by atoms with van der Waals surface area (Å²) in [6, 6.07) is 0. The Morgan fingerprint density at radius 1 is 0.446 bits per heavy atom. The molecule has 0 rings (SSSR count). The predicted molar refractivity (Wildman–Crippen MR) is 305 cm³/mol. The van der Waals surface area contributed by atoms with Gasteiger partial charge >= 0.3 is 21.3 Å². The molecule has 0 amide bonds. The van der Waals surface area contributed by atoms with Crippen LogP contribution in [0.1, 0.15) is 236 Å². The third-order valence-corrected chi connectivity index (χ3v) is 15.9. The lowest BCUT2D eigenvalue weighted by atomic mass is 9.75. The van der Waals surface area contributed by atoms with E-state index in [0.29, 0.717) is 6.61 Å². The van der Waals surface area contributed by atoms with Crippen molar-refractivity contribution < 1.29 is 82.8 Å². The molecule has 33 heteroatoms. The van der Waals surface area contributed by atoms with E-state index in [1.165, 1.54) is 0 Å². The van der Waals surface area contributed by atoms with Crippen LogP contribution >= 0.6 is 15.6 Å². The first-order valence-corrected chi connectivity index (χ1v) is 33.1. The molecule has 0 saturated heterocycles. The molecule has 0 aliphatic rings. The highest BCUT2D eigenvalue weighted by molar-refractivity contribution is 7.47. The normalized spacial score (nSPS) is 17.2. The van der Waals surface area contributed by atoms with Gasteiger partial charge in [-0.2, -0.15) is 0 Å². The summed E-state index contributed by atoms with van der Waals surface area (Å²) < 4.78 is 98.4. The van der Waals surface area contributed by atoms with Gasteiger partial charge in [-0.3, -0.25) is 18.1 Å². The third-order valence-electron chi connectivity index (χ3n) is 13.9. The summed E-state index contributed by atoms with van der Waals surface area (Å²) in [6.45, 7) is 17.8. The molecule has 5 unspecified atom stereocenters. The molecule has 5 atom stereocenters. The van der Waals surface area contributed by atoms with Gasteiger partial charge in [-0.25, -0.2) is 15.0 Å². The zero-order chi connectivity index (χ0) is 65.1. The molecule has 31 nitrogen and oxygen atoms in total. The molecule has 0 radical (unpaired) electrons. The van der Waals surface area contributed by atoms with E-state index in [9.17, 15) is 24.0 Å². The largest absolute Gasteiger partial charge is 0.474 e. The van der Waals surface area contributed by atoms with Crippen LogP contribution in [0.4, 0.5) is 0 Å². The van der Waals surface area contributed by atoms with E-state index in [1.54, 1.807) is 0 Å². The number of unbranched alkanes of at least 4 members (excludes halogenated alkanes) is 9. The average Bonchev–Trinajstić information content (AvgIpc) is 3.22. The highest BCUT2D eigenvalue weighted by Crippen LogP contribution is 2.49. The van der Waals surface area contributed by atoms with Crippen molar-refractivity contribution in [1.82, 2.24) is 0 Å². The number of phosphoric ester groups is 2. The topological polar surface area (TPSA) is 414 Å². The molecule has 0 spiro atoms. The van der Waals surface area contributed by atoms with Crippen molar-refractivity contribution in [3.63, 3.8) is 0 Å². The van der Waals surface area contributed by atoms with Crippen LogP contribution in [0.5, 0.6) is 0 Å². The van der Waals surface area contributed by atoms with Crippen molar-refractivity contribution in [3.8, 4) is 0 Å². The summed E-state index contributed by atoms with van der Waals surface area (Å²) in [5.74, 6) is 4.77. The van der Waals surface area contributed by atoms with Crippen molar-refractivity contribution >= 4 is 15.6 Å². The summed E-state index contributed by atoms with van der Waals surface area (Å²) in [5.41, 5.74) is -0.445. The number of hydrogen-bond acceptors (Lipinski definition) is 12. The number of rotatable bonds is 58. The molecule has 0 saturated carbocycles. The summed E-state index contributed by atoms with van der Waals surface area (Å²) in [7, 11) is -10.2. The van der Waals surface area contributed by atoms with Gasteiger partial charge < -0.3 is 29.1 Å². The van der Waals surface area contributed by atoms with Gasteiger partial charge in [0.1, 0.15) is 59.2 Å². The Labute approximate surface area is 499 Å². The van der Waals surface area contributed by atoms with Crippen LogP contribution in [0.3, 0.4) is 0 Å². The van der Waals surface area contributed by atoms with Crippen molar-refractivity contribution in [2.45, 2.75) is 254 Å². The number of nitrogens with two attached hydrogens (primary N) is 1. The maximum absolute atomic E-state index is 14.0. The molecular weight excluding hydrogens is 1120 g/mol. The van der Waals surface area contributed by atoms with E-state index in [0.717, 1.165) is 173 Å². The summed E-state index contributed by atoms with van der Waals surface area (Å²) in [6.07, 6.45) is 21.8. The van der Waals surface area contributed by atoms with E-state index in [4.69, 9.17) is 43.8 Å². The fourth-order valence-electron chi connectivity index (χ4n) is 9.29. The Morgan fingerprint density at radius 2 is 0.759 bits per heavy atom. The van der Waals surface area contributed by atoms with Crippen LogP contribution in [-0.2, 0) is 41.4 Å². The quantitative estimate of drug-likeness (QED) is 0.0122. The number of nitrogens with one attached hydrogen (secondary N) is 4. The van der Waals surface area contributed by atoms with Crippen molar-refractivity contribution in [2.24, 2.45) is 95.1 Å². The van der Waals surface area contributed by atoms with Crippen LogP contribution in [0, 0.1) is 16.2 Å². The molecule has 482 valence electrons. The van der Waals surface area contributed by atoms with E-state index in [2.05, 4.69) is 135 Å². The van der Waals surface area contributed by atoms with Gasteiger partial charge in [0.2, 0.25) is 6.23 Å². The highest BCUT2D eigenvalue weighted by atomic mass is 31.2. The first-order chi connectivity index (χ1) is 41.6. The summed E-state index contributed by atoms with van der Waals surface area (Å²) >= 11 is 0. The van der Waals surface area contributed by atoms with Crippen LogP contribution in [0.25, 0.3) is 0 Å². The molecule has 0 aromatic rings. The molecule has 0 aromatic heterocycles. The summed E-state index contributed by atoms with van der Waals surface area (Å²) in [4.78, 5) is 22.5. The fraction of sp³-hybridized carbons (Fsp3) is 1.00. The highest BCUT2D eigenvalue weighted by Gasteiger charge is 2.36. The van der Waals surface area contributed by atoms with Crippen molar-refractivity contribution in [2.75, 3.05) is 52.9 Å². The Bertz CT molecular complexity index is 2120. The number of phosphoric acid groups is 2. The number of hydrogen-bond donors (Lipinski definition) is 8. The molecular formula is C50H109N19O12P2+4. The number of aliphatic hydroxyl groups excluding tert-OH is 1. The minimum Gasteiger partial charge on any atom is -0.388 e. The lowest BCUT2D eigenvalue weighted by Crippen LogP contribution is -2.59. The Kier molecular flexibility index (Phi) is 44.5. The first kappa shape index (κ1) is 71.7. The monoisotopic (exact) mass is 1230 g/mol.